The molecule has 1 heterocycles. The Hall–Kier alpha value is -2.08. The maximum absolute atomic E-state index is 12.6. The van der Waals surface area contributed by atoms with Crippen molar-refractivity contribution in [3.63, 3.8) is 0 Å². The first kappa shape index (κ1) is 19.2. The summed E-state index contributed by atoms with van der Waals surface area (Å²) in [6.45, 7) is 8.34. The summed E-state index contributed by atoms with van der Waals surface area (Å²) in [5.41, 5.74) is 2.23. The monoisotopic (exact) mass is 349 g/mol. The number of benzene rings is 1. The first-order valence-corrected chi connectivity index (χ1v) is 8.53. The zero-order valence-electron chi connectivity index (χ0n) is 15.6. The Morgan fingerprint density at radius 2 is 2.00 bits per heavy atom. The molecule has 1 aromatic rings. The van der Waals surface area contributed by atoms with E-state index in [0.29, 0.717) is 19.6 Å². The highest BCUT2D eigenvalue weighted by molar-refractivity contribution is 5.84. The summed E-state index contributed by atoms with van der Waals surface area (Å²) in [4.78, 5) is 26.6. The number of carbonyl (C=O) groups excluding carboxylic acids is 2. The number of fused-ring (bicyclic) bond motifs is 1. The first-order valence-electron chi connectivity index (χ1n) is 8.53. The van der Waals surface area contributed by atoms with Gasteiger partial charge in [-0.15, -0.1) is 0 Å². The Morgan fingerprint density at radius 1 is 1.28 bits per heavy atom. The molecule has 1 atom stereocenters. The van der Waals surface area contributed by atoms with Gasteiger partial charge in [-0.05, 0) is 50.8 Å². The van der Waals surface area contributed by atoms with Crippen molar-refractivity contribution in [2.24, 2.45) is 0 Å². The zero-order chi connectivity index (χ0) is 18.6. The molecule has 1 unspecified atom stereocenters. The number of esters is 1. The van der Waals surface area contributed by atoms with Gasteiger partial charge in [0.1, 0.15) is 5.60 Å². The van der Waals surface area contributed by atoms with Crippen molar-refractivity contribution in [1.82, 2.24) is 4.90 Å². The maximum Gasteiger partial charge on any atom is 0.411 e. The van der Waals surface area contributed by atoms with Gasteiger partial charge in [-0.3, -0.25) is 4.90 Å². The summed E-state index contributed by atoms with van der Waals surface area (Å²) in [6, 6.07) is 5.03. The summed E-state index contributed by atoms with van der Waals surface area (Å²) >= 11 is 0. The number of hydrogen-bond donors (Lipinski definition) is 0. The van der Waals surface area contributed by atoms with Crippen LogP contribution < -0.4 is 0 Å². The molecule has 0 aromatic heterocycles. The highest BCUT2D eigenvalue weighted by Crippen LogP contribution is 2.33. The topological polar surface area (TPSA) is 65.1 Å². The van der Waals surface area contributed by atoms with Crippen LogP contribution in [0.4, 0.5) is 4.79 Å². The third-order valence-corrected chi connectivity index (χ3v) is 3.88. The molecule has 0 bridgehead atoms. The normalized spacial score (nSPS) is 17.0. The Morgan fingerprint density at radius 3 is 2.60 bits per heavy atom. The van der Waals surface area contributed by atoms with Crippen LogP contribution >= 0.6 is 0 Å². The Balaban J connectivity index is 2.36. The number of hydrogen-bond acceptors (Lipinski definition) is 5. The molecule has 138 valence electrons. The van der Waals surface area contributed by atoms with Crippen molar-refractivity contribution < 1.29 is 23.8 Å². The second-order valence-electron chi connectivity index (χ2n) is 7.04. The fraction of sp³-hybridized carbons (Fsp3) is 0.579. The van der Waals surface area contributed by atoms with E-state index in [-0.39, 0.29) is 6.61 Å². The lowest BCUT2D eigenvalue weighted by Crippen LogP contribution is -2.46. The van der Waals surface area contributed by atoms with Gasteiger partial charge in [0.25, 0.3) is 0 Å². The van der Waals surface area contributed by atoms with Crippen LogP contribution in [0.2, 0.25) is 0 Å². The summed E-state index contributed by atoms with van der Waals surface area (Å²) < 4.78 is 15.9. The quantitative estimate of drug-likeness (QED) is 0.781. The molecule has 1 aliphatic heterocycles. The minimum atomic E-state index is -0.782. The molecule has 0 radical (unpaired) electrons. The molecule has 0 spiro atoms. The van der Waals surface area contributed by atoms with Gasteiger partial charge >= 0.3 is 12.1 Å². The van der Waals surface area contributed by atoms with E-state index >= 15 is 0 Å². The zero-order valence-corrected chi connectivity index (χ0v) is 15.6. The van der Waals surface area contributed by atoms with E-state index in [9.17, 15) is 9.59 Å². The number of amides is 1. The van der Waals surface area contributed by atoms with Gasteiger partial charge in [-0.2, -0.15) is 0 Å². The molecule has 6 nitrogen and oxygen atoms in total. The summed E-state index contributed by atoms with van der Waals surface area (Å²) in [6.07, 6.45) is 0.152. The van der Waals surface area contributed by atoms with Gasteiger partial charge in [-0.25, -0.2) is 9.59 Å². The number of carbonyl (C=O) groups is 2. The summed E-state index contributed by atoms with van der Waals surface area (Å²) in [7, 11) is 1.64. The average Bonchev–Trinajstić information content (AvgIpc) is 2.52. The molecule has 1 aromatic carbocycles. The molecule has 0 N–H and O–H groups in total. The Kier molecular flexibility index (Phi) is 6.06. The standard InChI is InChI=1S/C19H27NO5/c1-6-24-17(21)16-15-8-7-13(12-23-5)11-14(15)9-10-20(16)18(22)25-19(2,3)4/h7-8,11,16H,6,9-10,12H2,1-5H3. The molecule has 0 saturated heterocycles. The van der Waals surface area contributed by atoms with Crippen LogP contribution in [0.3, 0.4) is 0 Å². The average molecular weight is 349 g/mol. The highest BCUT2D eigenvalue weighted by Gasteiger charge is 2.39. The summed E-state index contributed by atoms with van der Waals surface area (Å²) in [5, 5.41) is 0. The molecular formula is C19H27NO5. The largest absolute Gasteiger partial charge is 0.464 e. The van der Waals surface area contributed by atoms with Crippen LogP contribution in [0.25, 0.3) is 0 Å². The van der Waals surface area contributed by atoms with Crippen molar-refractivity contribution in [1.29, 1.82) is 0 Å². The lowest BCUT2D eigenvalue weighted by atomic mass is 9.91. The molecule has 0 aliphatic carbocycles. The lowest BCUT2D eigenvalue weighted by molar-refractivity contribution is -0.150. The number of nitrogens with zero attached hydrogens (tertiary/aromatic N) is 1. The number of rotatable bonds is 4. The van der Waals surface area contributed by atoms with Crippen LogP contribution in [0, 0.1) is 0 Å². The van der Waals surface area contributed by atoms with Crippen molar-refractivity contribution in [3.8, 4) is 0 Å². The van der Waals surface area contributed by atoms with Crippen molar-refractivity contribution in [2.75, 3.05) is 20.3 Å². The van der Waals surface area contributed by atoms with Gasteiger partial charge in [0.2, 0.25) is 0 Å². The first-order chi connectivity index (χ1) is 11.8. The lowest BCUT2D eigenvalue weighted by Gasteiger charge is -2.36. The summed E-state index contributed by atoms with van der Waals surface area (Å²) in [5.74, 6) is -0.436. The van der Waals surface area contributed by atoms with E-state index in [2.05, 4.69) is 0 Å². The van der Waals surface area contributed by atoms with E-state index in [0.717, 1.165) is 16.7 Å². The van der Waals surface area contributed by atoms with Gasteiger partial charge in [0.15, 0.2) is 6.04 Å². The smallest absolute Gasteiger partial charge is 0.411 e. The molecule has 2 rings (SSSR count). The predicted octanol–water partition coefficient (Wildman–Crippen LogP) is 3.23. The SMILES string of the molecule is CCOC(=O)C1c2ccc(COC)cc2CCN1C(=O)OC(C)(C)C. The van der Waals surface area contributed by atoms with Crippen LogP contribution in [0.1, 0.15) is 50.4 Å². The maximum atomic E-state index is 12.6. The van der Waals surface area contributed by atoms with E-state index in [1.165, 1.54) is 4.90 Å². The number of ether oxygens (including phenoxy) is 3. The Labute approximate surface area is 149 Å². The second-order valence-corrected chi connectivity index (χ2v) is 7.04. The third kappa shape index (κ3) is 4.72. The van der Waals surface area contributed by atoms with E-state index < -0.39 is 23.7 Å². The van der Waals surface area contributed by atoms with Crippen molar-refractivity contribution >= 4 is 12.1 Å². The molecule has 6 heteroatoms. The fourth-order valence-corrected chi connectivity index (χ4v) is 2.93. The van der Waals surface area contributed by atoms with Crippen molar-refractivity contribution in [3.05, 3.63) is 34.9 Å². The van der Waals surface area contributed by atoms with E-state index in [4.69, 9.17) is 14.2 Å². The molecule has 1 amide bonds. The minimum absolute atomic E-state index is 0.259. The predicted molar refractivity (Wildman–Crippen MR) is 93.2 cm³/mol. The fourth-order valence-electron chi connectivity index (χ4n) is 2.93. The van der Waals surface area contributed by atoms with Gasteiger partial charge in [-0.1, -0.05) is 18.2 Å². The molecule has 25 heavy (non-hydrogen) atoms. The van der Waals surface area contributed by atoms with Crippen LogP contribution in [0.15, 0.2) is 18.2 Å². The second kappa shape index (κ2) is 7.87. The van der Waals surface area contributed by atoms with Gasteiger partial charge in [0, 0.05) is 13.7 Å². The van der Waals surface area contributed by atoms with E-state index in [1.54, 1.807) is 34.8 Å². The van der Waals surface area contributed by atoms with Crippen LogP contribution in [-0.2, 0) is 32.0 Å². The molecule has 1 aliphatic rings. The third-order valence-electron chi connectivity index (χ3n) is 3.88. The van der Waals surface area contributed by atoms with E-state index in [1.807, 2.05) is 18.2 Å². The Bertz CT molecular complexity index is 635. The molecule has 0 saturated carbocycles. The van der Waals surface area contributed by atoms with Crippen molar-refractivity contribution in [2.45, 2.75) is 52.4 Å². The van der Waals surface area contributed by atoms with Crippen LogP contribution in [0.5, 0.6) is 0 Å². The van der Waals surface area contributed by atoms with Gasteiger partial charge < -0.3 is 14.2 Å². The van der Waals surface area contributed by atoms with Gasteiger partial charge in [0.05, 0.1) is 13.2 Å². The molecule has 0 fully saturated rings. The number of methoxy groups -OCH3 is 1. The van der Waals surface area contributed by atoms with Crippen LogP contribution in [-0.4, -0.2) is 42.8 Å². The molecular weight excluding hydrogens is 322 g/mol. The highest BCUT2D eigenvalue weighted by atomic mass is 16.6. The minimum Gasteiger partial charge on any atom is -0.464 e.